The van der Waals surface area contributed by atoms with Crippen LogP contribution in [0.4, 0.5) is 0 Å². The van der Waals surface area contributed by atoms with Crippen LogP contribution in [0.2, 0.25) is 0 Å². The molecule has 5 atom stereocenters. The maximum Gasteiger partial charge on any atom is 0.137 e. The molecule has 3 aliphatic carbocycles. The third-order valence-electron chi connectivity index (χ3n) is 5.82. The molecule has 0 amide bonds. The number of aromatic nitrogens is 1. The van der Waals surface area contributed by atoms with Gasteiger partial charge in [0.2, 0.25) is 0 Å². The van der Waals surface area contributed by atoms with Crippen LogP contribution < -0.4 is 10.1 Å². The lowest BCUT2D eigenvalue weighted by atomic mass is 9.94. The lowest BCUT2D eigenvalue weighted by Crippen LogP contribution is -2.22. The Labute approximate surface area is 114 Å². The van der Waals surface area contributed by atoms with Crippen LogP contribution in [0.25, 0.3) is 0 Å². The van der Waals surface area contributed by atoms with E-state index in [1.165, 1.54) is 24.8 Å². The number of nitrogens with zero attached hydrogens (tertiary/aromatic N) is 1. The summed E-state index contributed by atoms with van der Waals surface area (Å²) in [6.07, 6.45) is 8.26. The van der Waals surface area contributed by atoms with Crippen molar-refractivity contribution in [3.63, 3.8) is 0 Å². The van der Waals surface area contributed by atoms with Gasteiger partial charge in [0.15, 0.2) is 0 Å². The fraction of sp³-hybridized carbons (Fsp3) is 0.688. The zero-order valence-corrected chi connectivity index (χ0v) is 11.7. The summed E-state index contributed by atoms with van der Waals surface area (Å²) in [5.74, 6) is 5.73. The molecule has 0 radical (unpaired) electrons. The summed E-state index contributed by atoms with van der Waals surface area (Å²) in [6, 6.07) is 2.60. The van der Waals surface area contributed by atoms with Crippen molar-refractivity contribution in [2.24, 2.45) is 29.6 Å². The van der Waals surface area contributed by atoms with E-state index in [1.54, 1.807) is 13.3 Å². The molecule has 2 bridgehead atoms. The first-order valence-corrected chi connectivity index (χ1v) is 7.49. The Morgan fingerprint density at radius 3 is 2.63 bits per heavy atom. The highest BCUT2D eigenvalue weighted by Crippen LogP contribution is 2.72. The van der Waals surface area contributed by atoms with Gasteiger partial charge in [-0.25, -0.2) is 0 Å². The number of rotatable bonds is 4. The molecule has 3 fully saturated rings. The predicted octanol–water partition coefficient (Wildman–Crippen LogP) is 2.64. The summed E-state index contributed by atoms with van der Waals surface area (Å²) < 4.78 is 5.31. The zero-order chi connectivity index (χ0) is 13.0. The van der Waals surface area contributed by atoms with Gasteiger partial charge in [0.25, 0.3) is 0 Å². The lowest BCUT2D eigenvalue weighted by Gasteiger charge is -2.20. The lowest BCUT2D eigenvalue weighted by molar-refractivity contribution is 0.380. The average Bonchev–Trinajstić information content (AvgIpc) is 2.87. The molecular formula is C16H22N2O. The van der Waals surface area contributed by atoms with Gasteiger partial charge in [-0.1, -0.05) is 0 Å². The van der Waals surface area contributed by atoms with Gasteiger partial charge in [0, 0.05) is 12.2 Å². The second-order valence-corrected chi connectivity index (χ2v) is 6.49. The summed E-state index contributed by atoms with van der Waals surface area (Å²) in [5.41, 5.74) is 1.29. The molecule has 5 unspecified atom stereocenters. The number of hydrogen-bond donors (Lipinski definition) is 1. The fourth-order valence-electron chi connectivity index (χ4n) is 5.14. The minimum atomic E-state index is 0.459. The Hall–Kier alpha value is -1.09. The van der Waals surface area contributed by atoms with Crippen molar-refractivity contribution >= 4 is 0 Å². The Morgan fingerprint density at radius 2 is 2.00 bits per heavy atom. The van der Waals surface area contributed by atoms with Crippen LogP contribution >= 0.6 is 0 Å². The molecule has 102 valence electrons. The van der Waals surface area contributed by atoms with Crippen molar-refractivity contribution < 1.29 is 4.74 Å². The molecule has 3 aliphatic rings. The molecule has 3 heteroatoms. The van der Waals surface area contributed by atoms with Crippen molar-refractivity contribution in [3.05, 3.63) is 24.0 Å². The smallest absolute Gasteiger partial charge is 0.137 e. The van der Waals surface area contributed by atoms with E-state index in [0.29, 0.717) is 6.04 Å². The maximum atomic E-state index is 5.31. The molecule has 1 aromatic heterocycles. The second-order valence-electron chi connectivity index (χ2n) is 6.49. The van der Waals surface area contributed by atoms with E-state index >= 15 is 0 Å². The van der Waals surface area contributed by atoms with Gasteiger partial charge in [-0.2, -0.15) is 0 Å². The van der Waals surface area contributed by atoms with Gasteiger partial charge in [-0.3, -0.25) is 4.98 Å². The van der Waals surface area contributed by atoms with Crippen LogP contribution in [0.15, 0.2) is 18.5 Å². The molecule has 3 saturated carbocycles. The van der Waals surface area contributed by atoms with Crippen molar-refractivity contribution in [3.8, 4) is 5.75 Å². The van der Waals surface area contributed by atoms with Gasteiger partial charge >= 0.3 is 0 Å². The Balaban J connectivity index is 1.59. The van der Waals surface area contributed by atoms with Gasteiger partial charge < -0.3 is 10.1 Å². The number of nitrogens with one attached hydrogen (secondary N) is 1. The minimum Gasteiger partial charge on any atom is -0.495 e. The first kappa shape index (κ1) is 11.7. The molecule has 0 saturated heterocycles. The largest absolute Gasteiger partial charge is 0.495 e. The molecule has 0 aliphatic heterocycles. The van der Waals surface area contributed by atoms with E-state index in [-0.39, 0.29) is 0 Å². The minimum absolute atomic E-state index is 0.459. The number of fused-ring (bicyclic) bond motifs is 5. The second kappa shape index (κ2) is 4.20. The standard InChI is InChI=1S/C16H22N2O/c1-17-16(11-6-12(19-2)8-18-7-11)15-13-9-3-4-10(5-9)14(13)15/h6-10,13-17H,3-5H2,1-2H3. The number of methoxy groups -OCH3 is 1. The molecule has 4 rings (SSSR count). The normalized spacial score (nSPS) is 40.0. The van der Waals surface area contributed by atoms with Crippen molar-refractivity contribution in [2.75, 3.05) is 14.2 Å². The number of ether oxygens (including phenoxy) is 1. The molecular weight excluding hydrogens is 236 g/mol. The average molecular weight is 258 g/mol. The first-order valence-electron chi connectivity index (χ1n) is 7.49. The molecule has 1 N–H and O–H groups in total. The summed E-state index contributed by atoms with van der Waals surface area (Å²) in [6.45, 7) is 0. The third kappa shape index (κ3) is 1.64. The van der Waals surface area contributed by atoms with Crippen molar-refractivity contribution in [1.29, 1.82) is 0 Å². The van der Waals surface area contributed by atoms with E-state index in [9.17, 15) is 0 Å². The molecule has 0 spiro atoms. The van der Waals surface area contributed by atoms with Gasteiger partial charge in [-0.15, -0.1) is 0 Å². The molecule has 0 aromatic carbocycles. The number of hydrogen-bond acceptors (Lipinski definition) is 3. The van der Waals surface area contributed by atoms with Crippen LogP contribution in [0.5, 0.6) is 5.75 Å². The van der Waals surface area contributed by atoms with E-state index in [4.69, 9.17) is 4.74 Å². The summed E-state index contributed by atoms with van der Waals surface area (Å²) in [5, 5.41) is 3.53. The summed E-state index contributed by atoms with van der Waals surface area (Å²) in [7, 11) is 3.79. The quantitative estimate of drug-likeness (QED) is 0.901. The highest BCUT2D eigenvalue weighted by molar-refractivity contribution is 5.29. The van der Waals surface area contributed by atoms with Crippen LogP contribution in [0.3, 0.4) is 0 Å². The van der Waals surface area contributed by atoms with E-state index in [2.05, 4.69) is 23.4 Å². The summed E-state index contributed by atoms with van der Waals surface area (Å²) in [4.78, 5) is 4.32. The summed E-state index contributed by atoms with van der Waals surface area (Å²) >= 11 is 0. The predicted molar refractivity (Wildman–Crippen MR) is 73.9 cm³/mol. The van der Waals surface area contributed by atoms with Crippen LogP contribution in [-0.2, 0) is 0 Å². The Bertz CT molecular complexity index is 473. The Kier molecular flexibility index (Phi) is 2.59. The van der Waals surface area contributed by atoms with Crippen LogP contribution in [0.1, 0.15) is 30.9 Å². The Morgan fingerprint density at radius 1 is 1.26 bits per heavy atom. The first-order chi connectivity index (χ1) is 9.33. The molecule has 19 heavy (non-hydrogen) atoms. The van der Waals surface area contributed by atoms with E-state index in [1.807, 2.05) is 6.20 Å². The van der Waals surface area contributed by atoms with Crippen LogP contribution in [0, 0.1) is 29.6 Å². The fourth-order valence-corrected chi connectivity index (χ4v) is 5.14. The van der Waals surface area contributed by atoms with E-state index < -0.39 is 0 Å². The van der Waals surface area contributed by atoms with Gasteiger partial charge in [-0.05, 0) is 67.5 Å². The monoisotopic (exact) mass is 258 g/mol. The zero-order valence-electron chi connectivity index (χ0n) is 11.7. The topological polar surface area (TPSA) is 34.2 Å². The van der Waals surface area contributed by atoms with Crippen molar-refractivity contribution in [2.45, 2.75) is 25.3 Å². The van der Waals surface area contributed by atoms with Crippen LogP contribution in [-0.4, -0.2) is 19.1 Å². The maximum absolute atomic E-state index is 5.31. The molecule has 3 nitrogen and oxygen atoms in total. The highest BCUT2D eigenvalue weighted by atomic mass is 16.5. The van der Waals surface area contributed by atoms with Crippen molar-refractivity contribution in [1.82, 2.24) is 10.3 Å². The SMILES string of the molecule is CNC(c1cncc(OC)c1)C1C2C3CCC(C3)C21. The third-order valence-corrected chi connectivity index (χ3v) is 5.82. The highest BCUT2D eigenvalue weighted by Gasteiger charge is 2.66. The number of pyridine rings is 1. The molecule has 1 aromatic rings. The van der Waals surface area contributed by atoms with Gasteiger partial charge in [0.1, 0.15) is 5.75 Å². The molecule has 1 heterocycles. The van der Waals surface area contributed by atoms with Gasteiger partial charge in [0.05, 0.1) is 13.3 Å². The van der Waals surface area contributed by atoms with E-state index in [0.717, 1.165) is 35.3 Å².